The molecule has 2 rings (SSSR count). The van der Waals surface area contributed by atoms with Gasteiger partial charge < -0.3 is 10.1 Å². The van der Waals surface area contributed by atoms with Crippen molar-refractivity contribution < 1.29 is 4.74 Å². The van der Waals surface area contributed by atoms with Crippen molar-refractivity contribution in [3.05, 3.63) is 0 Å². The third-order valence-electron chi connectivity index (χ3n) is 4.93. The summed E-state index contributed by atoms with van der Waals surface area (Å²) in [6.45, 7) is 17.1. The summed E-state index contributed by atoms with van der Waals surface area (Å²) < 4.78 is 6.25. The summed E-state index contributed by atoms with van der Waals surface area (Å²) >= 11 is 0. The van der Waals surface area contributed by atoms with Crippen molar-refractivity contribution >= 4 is 0 Å². The van der Waals surface area contributed by atoms with Gasteiger partial charge >= 0.3 is 0 Å². The van der Waals surface area contributed by atoms with Crippen molar-refractivity contribution in [2.24, 2.45) is 5.92 Å². The van der Waals surface area contributed by atoms with Crippen LogP contribution in [0.15, 0.2) is 0 Å². The number of likely N-dealkylation sites (tertiary alicyclic amines) is 1. The number of hydrogen-bond donors (Lipinski definition) is 1. The molecule has 0 aromatic rings. The molecule has 2 aliphatic rings. The molecule has 0 aliphatic carbocycles. The van der Waals surface area contributed by atoms with Gasteiger partial charge in [-0.1, -0.05) is 13.8 Å². The first-order valence-corrected chi connectivity index (χ1v) is 8.37. The van der Waals surface area contributed by atoms with Gasteiger partial charge in [0.25, 0.3) is 0 Å². The fourth-order valence-corrected chi connectivity index (χ4v) is 3.97. The molecule has 118 valence electrons. The van der Waals surface area contributed by atoms with Crippen LogP contribution in [0, 0.1) is 5.92 Å². The first-order chi connectivity index (χ1) is 9.20. The molecule has 2 heterocycles. The zero-order chi connectivity index (χ0) is 15.0. The van der Waals surface area contributed by atoms with Gasteiger partial charge in [0.15, 0.2) is 0 Å². The molecule has 2 saturated heterocycles. The predicted molar refractivity (Wildman–Crippen MR) is 85.1 cm³/mol. The second-order valence-corrected chi connectivity index (χ2v) is 8.23. The number of rotatable bonds is 4. The van der Waals surface area contributed by atoms with Crippen LogP contribution in [0.5, 0.6) is 0 Å². The minimum absolute atomic E-state index is 0.00742. The molecule has 0 radical (unpaired) electrons. The minimum atomic E-state index is -0.00742. The minimum Gasteiger partial charge on any atom is -0.368 e. The lowest BCUT2D eigenvalue weighted by atomic mass is 9.89. The van der Waals surface area contributed by atoms with E-state index in [1.807, 2.05) is 0 Å². The van der Waals surface area contributed by atoms with Crippen LogP contribution >= 0.6 is 0 Å². The summed E-state index contributed by atoms with van der Waals surface area (Å²) in [7, 11) is 0. The third kappa shape index (κ3) is 3.96. The van der Waals surface area contributed by atoms with Crippen LogP contribution in [0.25, 0.3) is 0 Å². The lowest BCUT2D eigenvalue weighted by molar-refractivity contribution is -0.0827. The summed E-state index contributed by atoms with van der Waals surface area (Å²) in [6.07, 6.45) is 3.81. The second-order valence-electron chi connectivity index (χ2n) is 8.23. The number of ether oxygens (including phenoxy) is 1. The van der Waals surface area contributed by atoms with Gasteiger partial charge in [-0.05, 0) is 72.5 Å². The molecular weight excluding hydrogens is 248 g/mol. The average molecular weight is 282 g/mol. The Morgan fingerprint density at radius 1 is 1.15 bits per heavy atom. The molecule has 0 saturated carbocycles. The Morgan fingerprint density at radius 2 is 1.75 bits per heavy atom. The van der Waals surface area contributed by atoms with Crippen LogP contribution in [0.2, 0.25) is 0 Å². The van der Waals surface area contributed by atoms with Gasteiger partial charge in [0.05, 0.1) is 11.2 Å². The maximum absolute atomic E-state index is 6.25. The van der Waals surface area contributed by atoms with Crippen LogP contribution in [0.1, 0.15) is 60.8 Å². The lowest BCUT2D eigenvalue weighted by Gasteiger charge is -2.40. The van der Waals surface area contributed by atoms with Gasteiger partial charge in [-0.2, -0.15) is 0 Å². The summed E-state index contributed by atoms with van der Waals surface area (Å²) in [5, 5.41) is 3.59. The van der Waals surface area contributed by atoms with Gasteiger partial charge in [-0.25, -0.2) is 0 Å². The van der Waals surface area contributed by atoms with Gasteiger partial charge in [-0.15, -0.1) is 0 Å². The summed E-state index contributed by atoms with van der Waals surface area (Å²) in [5.74, 6) is 0.854. The van der Waals surface area contributed by atoms with Crippen LogP contribution in [0.4, 0.5) is 0 Å². The van der Waals surface area contributed by atoms with Crippen molar-refractivity contribution in [2.45, 2.75) is 84.1 Å². The molecule has 20 heavy (non-hydrogen) atoms. The number of piperidine rings is 1. The van der Waals surface area contributed by atoms with E-state index in [0.717, 1.165) is 12.3 Å². The van der Waals surface area contributed by atoms with Crippen LogP contribution in [-0.4, -0.2) is 47.8 Å². The molecule has 0 bridgehead atoms. The highest BCUT2D eigenvalue weighted by molar-refractivity contribution is 5.00. The summed E-state index contributed by atoms with van der Waals surface area (Å²) in [4.78, 5) is 2.68. The normalized spacial score (nSPS) is 31.1. The zero-order valence-corrected chi connectivity index (χ0v) is 14.3. The molecule has 1 N–H and O–H groups in total. The first-order valence-electron chi connectivity index (χ1n) is 8.37. The largest absolute Gasteiger partial charge is 0.368 e. The summed E-state index contributed by atoms with van der Waals surface area (Å²) in [5.41, 5.74) is 0.0245. The number of hydrogen-bond acceptors (Lipinski definition) is 3. The van der Waals surface area contributed by atoms with E-state index in [1.54, 1.807) is 0 Å². The van der Waals surface area contributed by atoms with E-state index >= 15 is 0 Å². The topological polar surface area (TPSA) is 24.5 Å². The summed E-state index contributed by atoms with van der Waals surface area (Å²) in [6, 6.07) is 1.19. The van der Waals surface area contributed by atoms with Gasteiger partial charge in [0, 0.05) is 12.1 Å². The molecule has 3 nitrogen and oxygen atoms in total. The molecule has 3 heteroatoms. The quantitative estimate of drug-likeness (QED) is 0.858. The first kappa shape index (κ1) is 16.3. The highest BCUT2D eigenvalue weighted by Gasteiger charge is 2.48. The van der Waals surface area contributed by atoms with E-state index in [2.05, 4.69) is 51.8 Å². The van der Waals surface area contributed by atoms with Crippen LogP contribution < -0.4 is 5.32 Å². The number of nitrogens with zero attached hydrogens (tertiary/aromatic N) is 1. The predicted octanol–water partition coefficient (Wildman–Crippen LogP) is 3.04. The molecule has 0 spiro atoms. The smallest absolute Gasteiger partial charge is 0.0789 e. The van der Waals surface area contributed by atoms with Gasteiger partial charge in [0.2, 0.25) is 0 Å². The maximum Gasteiger partial charge on any atom is 0.0789 e. The van der Waals surface area contributed by atoms with Gasteiger partial charge in [0.1, 0.15) is 0 Å². The Labute approximate surface area is 125 Å². The molecule has 0 aromatic carbocycles. The Kier molecular flexibility index (Phi) is 4.83. The molecule has 0 amide bonds. The van der Waals surface area contributed by atoms with Crippen molar-refractivity contribution in [3.8, 4) is 0 Å². The van der Waals surface area contributed by atoms with E-state index in [-0.39, 0.29) is 11.2 Å². The highest BCUT2D eigenvalue weighted by atomic mass is 16.5. The SMILES string of the molecule is CC(C)NCC1CCN(C2CC(C)(C)OC2(C)C)CC1. The van der Waals surface area contributed by atoms with Crippen molar-refractivity contribution in [3.63, 3.8) is 0 Å². The fraction of sp³-hybridized carbons (Fsp3) is 1.00. The van der Waals surface area contributed by atoms with E-state index in [1.165, 1.54) is 32.5 Å². The van der Waals surface area contributed by atoms with Crippen molar-refractivity contribution in [1.29, 1.82) is 0 Å². The van der Waals surface area contributed by atoms with E-state index < -0.39 is 0 Å². The molecule has 1 unspecified atom stereocenters. The molecule has 1 atom stereocenters. The third-order valence-corrected chi connectivity index (χ3v) is 4.93. The van der Waals surface area contributed by atoms with Gasteiger partial charge in [-0.3, -0.25) is 4.90 Å². The Morgan fingerprint density at radius 3 is 2.20 bits per heavy atom. The molecule has 2 fully saturated rings. The fourth-order valence-electron chi connectivity index (χ4n) is 3.97. The Balaban J connectivity index is 1.85. The lowest BCUT2D eigenvalue weighted by Crippen LogP contribution is -2.50. The molecule has 2 aliphatic heterocycles. The standard InChI is InChI=1S/C17H34N2O/c1-13(2)18-12-14-7-9-19(10-8-14)15-11-16(3,4)20-17(15,5)6/h13-15,18H,7-12H2,1-6H3. The Bertz CT molecular complexity index is 317. The average Bonchev–Trinajstić information content (AvgIpc) is 2.55. The maximum atomic E-state index is 6.25. The molecular formula is C17H34N2O. The number of nitrogens with one attached hydrogen (secondary N) is 1. The van der Waals surface area contributed by atoms with E-state index in [0.29, 0.717) is 12.1 Å². The van der Waals surface area contributed by atoms with Crippen molar-refractivity contribution in [2.75, 3.05) is 19.6 Å². The Hall–Kier alpha value is -0.120. The van der Waals surface area contributed by atoms with Crippen LogP contribution in [-0.2, 0) is 4.74 Å². The van der Waals surface area contributed by atoms with Crippen LogP contribution in [0.3, 0.4) is 0 Å². The second kappa shape index (κ2) is 5.94. The zero-order valence-electron chi connectivity index (χ0n) is 14.3. The van der Waals surface area contributed by atoms with Crippen molar-refractivity contribution in [1.82, 2.24) is 10.2 Å². The molecule has 0 aromatic heterocycles. The monoisotopic (exact) mass is 282 g/mol. The van der Waals surface area contributed by atoms with E-state index in [9.17, 15) is 0 Å². The van der Waals surface area contributed by atoms with E-state index in [4.69, 9.17) is 4.74 Å². The highest BCUT2D eigenvalue weighted by Crippen LogP contribution is 2.41.